The van der Waals surface area contributed by atoms with E-state index in [0.717, 1.165) is 5.69 Å². The summed E-state index contributed by atoms with van der Waals surface area (Å²) >= 11 is 0. The number of amides is 1. The van der Waals surface area contributed by atoms with Crippen molar-refractivity contribution in [3.05, 3.63) is 42.5 Å². The van der Waals surface area contributed by atoms with Gasteiger partial charge < -0.3 is 24.8 Å². The van der Waals surface area contributed by atoms with E-state index in [-0.39, 0.29) is 12.7 Å². The summed E-state index contributed by atoms with van der Waals surface area (Å²) in [7, 11) is 1.57. The predicted molar refractivity (Wildman–Crippen MR) is 87.3 cm³/mol. The smallest absolute Gasteiger partial charge is 0.246 e. The molecule has 0 aromatic heterocycles. The Labute approximate surface area is 134 Å². The fourth-order valence-electron chi connectivity index (χ4n) is 2.29. The van der Waals surface area contributed by atoms with Crippen molar-refractivity contribution in [3.63, 3.8) is 0 Å². The zero-order valence-corrected chi connectivity index (χ0v) is 13.0. The van der Waals surface area contributed by atoms with Gasteiger partial charge in [0.25, 0.3) is 0 Å². The number of benzene rings is 2. The van der Waals surface area contributed by atoms with E-state index in [0.29, 0.717) is 22.9 Å². The molecule has 1 atom stereocenters. The van der Waals surface area contributed by atoms with Crippen LogP contribution in [0.3, 0.4) is 0 Å². The number of carbonyl (C=O) groups is 1. The molecule has 0 radical (unpaired) electrons. The molecule has 0 unspecified atom stereocenters. The van der Waals surface area contributed by atoms with Crippen LogP contribution >= 0.6 is 0 Å². The van der Waals surface area contributed by atoms with Gasteiger partial charge in [-0.25, -0.2) is 0 Å². The van der Waals surface area contributed by atoms with E-state index in [2.05, 4.69) is 10.6 Å². The normalized spacial score (nSPS) is 13.3. The van der Waals surface area contributed by atoms with Gasteiger partial charge in [-0.05, 0) is 31.2 Å². The number of anilines is 2. The average molecular weight is 314 g/mol. The van der Waals surface area contributed by atoms with Crippen LogP contribution in [0.5, 0.6) is 17.2 Å². The SMILES string of the molecule is COc1ccccc1NC(=O)[C@H](C)Nc1ccc2c(c1)OCO2. The number of nitrogens with one attached hydrogen (secondary N) is 2. The predicted octanol–water partition coefficient (Wildman–Crippen LogP) is 2.86. The summed E-state index contributed by atoms with van der Waals surface area (Å²) in [6.45, 7) is 2.01. The quantitative estimate of drug-likeness (QED) is 0.888. The highest BCUT2D eigenvalue weighted by Crippen LogP contribution is 2.34. The summed E-state index contributed by atoms with van der Waals surface area (Å²) in [5.41, 5.74) is 1.43. The van der Waals surface area contributed by atoms with Crippen LogP contribution in [-0.4, -0.2) is 25.9 Å². The highest BCUT2D eigenvalue weighted by molar-refractivity contribution is 5.97. The second-order valence-corrected chi connectivity index (χ2v) is 5.12. The molecule has 1 aliphatic heterocycles. The molecule has 0 saturated carbocycles. The van der Waals surface area contributed by atoms with Crippen molar-refractivity contribution in [3.8, 4) is 17.2 Å². The molecular weight excluding hydrogens is 296 g/mol. The Morgan fingerprint density at radius 1 is 1.17 bits per heavy atom. The van der Waals surface area contributed by atoms with Crippen molar-refractivity contribution in [1.29, 1.82) is 0 Å². The first-order chi connectivity index (χ1) is 11.2. The van der Waals surface area contributed by atoms with Crippen LogP contribution in [0.4, 0.5) is 11.4 Å². The van der Waals surface area contributed by atoms with E-state index in [1.54, 1.807) is 26.2 Å². The van der Waals surface area contributed by atoms with Gasteiger partial charge in [-0.15, -0.1) is 0 Å². The van der Waals surface area contributed by atoms with Crippen LogP contribution in [0.25, 0.3) is 0 Å². The molecule has 0 bridgehead atoms. The van der Waals surface area contributed by atoms with E-state index in [4.69, 9.17) is 14.2 Å². The summed E-state index contributed by atoms with van der Waals surface area (Å²) in [5, 5.41) is 5.99. The van der Waals surface area contributed by atoms with Crippen molar-refractivity contribution >= 4 is 17.3 Å². The molecular formula is C17H18N2O4. The zero-order chi connectivity index (χ0) is 16.2. The second kappa shape index (κ2) is 6.48. The Morgan fingerprint density at radius 3 is 2.78 bits per heavy atom. The first-order valence-corrected chi connectivity index (χ1v) is 7.27. The Morgan fingerprint density at radius 2 is 1.96 bits per heavy atom. The second-order valence-electron chi connectivity index (χ2n) is 5.12. The number of carbonyl (C=O) groups excluding carboxylic acids is 1. The number of fused-ring (bicyclic) bond motifs is 1. The van der Waals surface area contributed by atoms with Gasteiger partial charge in [0.1, 0.15) is 11.8 Å². The molecule has 2 aromatic rings. The number of hydrogen-bond donors (Lipinski definition) is 2. The van der Waals surface area contributed by atoms with E-state index in [1.165, 1.54) is 0 Å². The third-order valence-corrected chi connectivity index (χ3v) is 3.51. The topological polar surface area (TPSA) is 68.8 Å². The van der Waals surface area contributed by atoms with Gasteiger partial charge in [0.2, 0.25) is 12.7 Å². The highest BCUT2D eigenvalue weighted by atomic mass is 16.7. The van der Waals surface area contributed by atoms with Crippen molar-refractivity contribution < 1.29 is 19.0 Å². The first kappa shape index (κ1) is 15.0. The molecule has 1 heterocycles. The van der Waals surface area contributed by atoms with Crippen molar-refractivity contribution in [1.82, 2.24) is 0 Å². The molecule has 6 heteroatoms. The third-order valence-electron chi connectivity index (χ3n) is 3.51. The van der Waals surface area contributed by atoms with Crippen LogP contribution in [0.2, 0.25) is 0 Å². The summed E-state index contributed by atoms with van der Waals surface area (Å²) < 4.78 is 15.8. The minimum Gasteiger partial charge on any atom is -0.495 e. The van der Waals surface area contributed by atoms with Crippen LogP contribution in [0.15, 0.2) is 42.5 Å². The van der Waals surface area contributed by atoms with Gasteiger partial charge >= 0.3 is 0 Å². The average Bonchev–Trinajstić information content (AvgIpc) is 3.03. The lowest BCUT2D eigenvalue weighted by atomic mass is 10.2. The van der Waals surface area contributed by atoms with Gasteiger partial charge in [0, 0.05) is 11.8 Å². The van der Waals surface area contributed by atoms with Gasteiger partial charge in [-0.3, -0.25) is 4.79 Å². The zero-order valence-electron chi connectivity index (χ0n) is 13.0. The van der Waals surface area contributed by atoms with Gasteiger partial charge in [-0.1, -0.05) is 12.1 Å². The molecule has 2 aromatic carbocycles. The van der Waals surface area contributed by atoms with Crippen molar-refractivity contribution in [2.75, 3.05) is 24.5 Å². The molecule has 3 rings (SSSR count). The third kappa shape index (κ3) is 3.31. The maximum atomic E-state index is 12.3. The molecule has 6 nitrogen and oxygen atoms in total. The minimum atomic E-state index is -0.430. The van der Waals surface area contributed by atoms with E-state index < -0.39 is 6.04 Å². The Balaban J connectivity index is 1.66. The van der Waals surface area contributed by atoms with Crippen molar-refractivity contribution in [2.45, 2.75) is 13.0 Å². The lowest BCUT2D eigenvalue weighted by molar-refractivity contribution is -0.116. The number of ether oxygens (including phenoxy) is 3. The van der Waals surface area contributed by atoms with Crippen LogP contribution < -0.4 is 24.8 Å². The Hall–Kier alpha value is -2.89. The lowest BCUT2D eigenvalue weighted by Gasteiger charge is -2.16. The van der Waals surface area contributed by atoms with Crippen LogP contribution in [-0.2, 0) is 4.79 Å². The number of methoxy groups -OCH3 is 1. The molecule has 0 spiro atoms. The van der Waals surface area contributed by atoms with Gasteiger partial charge in [-0.2, -0.15) is 0 Å². The van der Waals surface area contributed by atoms with Crippen LogP contribution in [0.1, 0.15) is 6.92 Å². The molecule has 2 N–H and O–H groups in total. The monoisotopic (exact) mass is 314 g/mol. The Bertz CT molecular complexity index is 717. The number of hydrogen-bond acceptors (Lipinski definition) is 5. The van der Waals surface area contributed by atoms with Gasteiger partial charge in [0.05, 0.1) is 12.8 Å². The van der Waals surface area contributed by atoms with E-state index in [9.17, 15) is 4.79 Å². The van der Waals surface area contributed by atoms with Crippen LogP contribution in [0, 0.1) is 0 Å². The molecule has 1 aliphatic rings. The fourth-order valence-corrected chi connectivity index (χ4v) is 2.29. The maximum absolute atomic E-state index is 12.3. The molecule has 0 fully saturated rings. The standard InChI is InChI=1S/C17H18N2O4/c1-11(17(20)19-13-5-3-4-6-14(13)21-2)18-12-7-8-15-16(9-12)23-10-22-15/h3-9,11,18H,10H2,1-2H3,(H,19,20)/t11-/m0/s1. The van der Waals surface area contributed by atoms with E-state index in [1.807, 2.05) is 30.3 Å². The maximum Gasteiger partial charge on any atom is 0.246 e. The van der Waals surface area contributed by atoms with E-state index >= 15 is 0 Å². The summed E-state index contributed by atoms with van der Waals surface area (Å²) in [6, 6.07) is 12.3. The highest BCUT2D eigenvalue weighted by Gasteiger charge is 2.17. The summed E-state index contributed by atoms with van der Waals surface area (Å²) in [5.74, 6) is 1.84. The Kier molecular flexibility index (Phi) is 4.23. The van der Waals surface area contributed by atoms with Gasteiger partial charge in [0.15, 0.2) is 11.5 Å². The number of para-hydroxylation sites is 2. The lowest BCUT2D eigenvalue weighted by Crippen LogP contribution is -2.31. The molecule has 120 valence electrons. The van der Waals surface area contributed by atoms with Crippen molar-refractivity contribution in [2.24, 2.45) is 0 Å². The molecule has 0 saturated heterocycles. The summed E-state index contributed by atoms with van der Waals surface area (Å²) in [4.78, 5) is 12.3. The minimum absolute atomic E-state index is 0.160. The molecule has 23 heavy (non-hydrogen) atoms. The fraction of sp³-hybridized carbons (Fsp3) is 0.235. The largest absolute Gasteiger partial charge is 0.495 e. The molecule has 0 aliphatic carbocycles. The first-order valence-electron chi connectivity index (χ1n) is 7.27. The molecule has 1 amide bonds. The summed E-state index contributed by atoms with van der Waals surface area (Å²) in [6.07, 6.45) is 0. The number of rotatable bonds is 5.